The Morgan fingerprint density at radius 3 is 2.46 bits per heavy atom. The molecule has 0 radical (unpaired) electrons. The summed E-state index contributed by atoms with van der Waals surface area (Å²) in [5.74, 6) is -2.01. The first-order valence-electron chi connectivity index (χ1n) is 7.26. The molecular weight excluding hydrogens is 379 g/mol. The van der Waals surface area contributed by atoms with Gasteiger partial charge in [-0.1, -0.05) is 41.1 Å². The Morgan fingerprint density at radius 2 is 1.83 bits per heavy atom. The summed E-state index contributed by atoms with van der Waals surface area (Å²) >= 11 is 3.16. The summed E-state index contributed by atoms with van der Waals surface area (Å²) in [6.07, 6.45) is 0.532. The fourth-order valence-electron chi connectivity index (χ4n) is 1.94. The molecule has 2 rings (SSSR count). The normalized spacial score (nSPS) is 11.6. The first kappa shape index (κ1) is 17.9. The van der Waals surface area contributed by atoms with Crippen molar-refractivity contribution in [3.63, 3.8) is 0 Å². The molecule has 2 aromatic carbocycles. The number of nitrogens with one attached hydrogen (secondary N) is 2. The van der Waals surface area contributed by atoms with Crippen LogP contribution in [0.3, 0.4) is 0 Å². The van der Waals surface area contributed by atoms with Crippen LogP contribution < -0.4 is 10.6 Å². The highest BCUT2D eigenvalue weighted by atomic mass is 79.9. The van der Waals surface area contributed by atoms with E-state index in [1.807, 2.05) is 0 Å². The second kappa shape index (κ2) is 7.92. The quantitative estimate of drug-likeness (QED) is 0.531. The van der Waals surface area contributed by atoms with Gasteiger partial charge < -0.3 is 15.7 Å². The zero-order chi connectivity index (χ0) is 17.7. The molecule has 24 heavy (non-hydrogen) atoms. The molecular formula is C17H16BrFN2O3. The first-order chi connectivity index (χ1) is 11.4. The molecule has 2 amide bonds. The Hall–Kier alpha value is -2.41. The predicted octanol–water partition coefficient (Wildman–Crippen LogP) is 3.90. The summed E-state index contributed by atoms with van der Waals surface area (Å²) in [6.45, 7) is 1.80. The number of halogens is 2. The number of carbonyl (C=O) groups excluding carboxylic acids is 2. The van der Waals surface area contributed by atoms with Crippen LogP contribution in [0.25, 0.3) is 0 Å². The lowest BCUT2D eigenvalue weighted by Crippen LogP contribution is -2.22. The molecule has 3 N–H and O–H groups in total. The zero-order valence-electron chi connectivity index (χ0n) is 12.8. The Balaban J connectivity index is 2.18. The monoisotopic (exact) mass is 394 g/mol. The molecule has 0 heterocycles. The fourth-order valence-corrected chi connectivity index (χ4v) is 2.05. The van der Waals surface area contributed by atoms with E-state index in [-0.39, 0.29) is 17.1 Å². The van der Waals surface area contributed by atoms with Crippen molar-refractivity contribution in [3.8, 4) is 5.75 Å². The number of hydrogen-bond acceptors (Lipinski definition) is 3. The van der Waals surface area contributed by atoms with E-state index >= 15 is 0 Å². The van der Waals surface area contributed by atoms with E-state index in [4.69, 9.17) is 0 Å². The lowest BCUT2D eigenvalue weighted by atomic mass is 10.2. The summed E-state index contributed by atoms with van der Waals surface area (Å²) in [6, 6.07) is 10.4. The molecule has 0 aromatic heterocycles. The molecule has 0 aliphatic heterocycles. The molecule has 1 unspecified atom stereocenters. The number of phenols is 1. The summed E-state index contributed by atoms with van der Waals surface area (Å²) in [5.41, 5.74) is 0.137. The molecule has 0 bridgehead atoms. The van der Waals surface area contributed by atoms with E-state index in [1.165, 1.54) is 0 Å². The van der Waals surface area contributed by atoms with Gasteiger partial charge in [0.25, 0.3) is 5.91 Å². The van der Waals surface area contributed by atoms with Gasteiger partial charge in [0, 0.05) is 17.7 Å². The SMILES string of the molecule is CCC(Br)C(=O)Nc1cc(O)c(NC(=O)c2ccccc2)cc1F. The highest BCUT2D eigenvalue weighted by molar-refractivity contribution is 9.10. The highest BCUT2D eigenvalue weighted by Crippen LogP contribution is 2.30. The number of rotatable bonds is 5. The van der Waals surface area contributed by atoms with Crippen molar-refractivity contribution >= 4 is 39.1 Å². The summed E-state index contributed by atoms with van der Waals surface area (Å²) in [7, 11) is 0. The van der Waals surface area contributed by atoms with Crippen molar-refractivity contribution in [2.24, 2.45) is 0 Å². The van der Waals surface area contributed by atoms with E-state index in [9.17, 15) is 19.1 Å². The lowest BCUT2D eigenvalue weighted by Gasteiger charge is -2.13. The molecule has 0 aliphatic rings. The van der Waals surface area contributed by atoms with Crippen LogP contribution in [0, 0.1) is 5.82 Å². The third-order valence-electron chi connectivity index (χ3n) is 3.27. The molecule has 0 spiro atoms. The van der Waals surface area contributed by atoms with Crippen molar-refractivity contribution in [1.29, 1.82) is 0 Å². The first-order valence-corrected chi connectivity index (χ1v) is 8.17. The van der Waals surface area contributed by atoms with Crippen LogP contribution in [-0.2, 0) is 4.79 Å². The van der Waals surface area contributed by atoms with Crippen LogP contribution in [0.4, 0.5) is 15.8 Å². The molecule has 5 nitrogen and oxygen atoms in total. The molecule has 2 aromatic rings. The van der Waals surface area contributed by atoms with Crippen LogP contribution in [-0.4, -0.2) is 21.7 Å². The van der Waals surface area contributed by atoms with Crippen molar-refractivity contribution in [1.82, 2.24) is 0 Å². The minimum absolute atomic E-state index is 0.0785. The maximum atomic E-state index is 14.1. The van der Waals surface area contributed by atoms with Gasteiger partial charge in [0.15, 0.2) is 0 Å². The number of benzene rings is 2. The van der Waals surface area contributed by atoms with Crippen LogP contribution in [0.1, 0.15) is 23.7 Å². The van der Waals surface area contributed by atoms with E-state index in [0.29, 0.717) is 12.0 Å². The molecule has 126 valence electrons. The average molecular weight is 395 g/mol. The number of alkyl halides is 1. The summed E-state index contributed by atoms with van der Waals surface area (Å²) < 4.78 is 14.1. The Morgan fingerprint density at radius 1 is 1.17 bits per heavy atom. The van der Waals surface area contributed by atoms with Crippen LogP contribution >= 0.6 is 15.9 Å². The predicted molar refractivity (Wildman–Crippen MR) is 94.1 cm³/mol. The standard InChI is InChI=1S/C17H16BrFN2O3/c1-2-11(18)17(24)20-13-9-15(22)14(8-12(13)19)21-16(23)10-6-4-3-5-7-10/h3-9,11,22H,2H2,1H3,(H,20,24)(H,21,23). The Labute approximate surface area is 147 Å². The van der Waals surface area contributed by atoms with Crippen molar-refractivity contribution in [2.45, 2.75) is 18.2 Å². The second-order valence-electron chi connectivity index (χ2n) is 5.03. The summed E-state index contributed by atoms with van der Waals surface area (Å²) in [4.78, 5) is 23.4. The minimum Gasteiger partial charge on any atom is -0.506 e. The highest BCUT2D eigenvalue weighted by Gasteiger charge is 2.17. The van der Waals surface area contributed by atoms with Crippen LogP contribution in [0.2, 0.25) is 0 Å². The Bertz CT molecular complexity index is 753. The van der Waals surface area contributed by atoms with Gasteiger partial charge in [-0.05, 0) is 18.6 Å². The van der Waals surface area contributed by atoms with Gasteiger partial charge in [-0.3, -0.25) is 9.59 Å². The van der Waals surface area contributed by atoms with Gasteiger partial charge in [0.2, 0.25) is 5.91 Å². The van der Waals surface area contributed by atoms with Crippen LogP contribution in [0.5, 0.6) is 5.75 Å². The topological polar surface area (TPSA) is 78.4 Å². The number of amides is 2. The van der Waals surface area contributed by atoms with Gasteiger partial charge in [-0.2, -0.15) is 0 Å². The van der Waals surface area contributed by atoms with Gasteiger partial charge in [0.05, 0.1) is 16.2 Å². The van der Waals surface area contributed by atoms with Crippen molar-refractivity contribution in [2.75, 3.05) is 10.6 Å². The fraction of sp³-hybridized carbons (Fsp3) is 0.176. The van der Waals surface area contributed by atoms with E-state index in [1.54, 1.807) is 37.3 Å². The number of anilines is 2. The lowest BCUT2D eigenvalue weighted by molar-refractivity contribution is -0.115. The van der Waals surface area contributed by atoms with Gasteiger partial charge >= 0.3 is 0 Å². The molecule has 1 atom stereocenters. The molecule has 0 aliphatic carbocycles. The molecule has 0 saturated heterocycles. The van der Waals surface area contributed by atoms with E-state index < -0.39 is 22.5 Å². The maximum Gasteiger partial charge on any atom is 0.255 e. The largest absolute Gasteiger partial charge is 0.506 e. The third-order valence-corrected chi connectivity index (χ3v) is 4.33. The Kier molecular flexibility index (Phi) is 5.92. The van der Waals surface area contributed by atoms with E-state index in [2.05, 4.69) is 26.6 Å². The smallest absolute Gasteiger partial charge is 0.255 e. The van der Waals surface area contributed by atoms with Crippen molar-refractivity contribution < 1.29 is 19.1 Å². The van der Waals surface area contributed by atoms with Gasteiger partial charge in [-0.25, -0.2) is 4.39 Å². The molecule has 7 heteroatoms. The number of carbonyl (C=O) groups is 2. The number of hydrogen-bond donors (Lipinski definition) is 3. The van der Waals surface area contributed by atoms with Gasteiger partial charge in [0.1, 0.15) is 11.6 Å². The van der Waals surface area contributed by atoms with Gasteiger partial charge in [-0.15, -0.1) is 0 Å². The number of phenolic OH excluding ortho intramolecular Hbond substituents is 1. The molecule has 0 fully saturated rings. The summed E-state index contributed by atoms with van der Waals surface area (Å²) in [5, 5.41) is 14.8. The zero-order valence-corrected chi connectivity index (χ0v) is 14.4. The van der Waals surface area contributed by atoms with E-state index in [0.717, 1.165) is 12.1 Å². The second-order valence-corrected chi connectivity index (χ2v) is 6.14. The molecule has 0 saturated carbocycles. The number of aromatic hydroxyl groups is 1. The maximum absolute atomic E-state index is 14.1. The van der Waals surface area contributed by atoms with Crippen LogP contribution in [0.15, 0.2) is 42.5 Å². The third kappa shape index (κ3) is 4.32. The average Bonchev–Trinajstić information content (AvgIpc) is 2.59. The minimum atomic E-state index is -0.764. The van der Waals surface area contributed by atoms with Crippen molar-refractivity contribution in [3.05, 3.63) is 53.8 Å².